The Labute approximate surface area is 82.6 Å². The van der Waals surface area contributed by atoms with Crippen molar-refractivity contribution in [1.82, 2.24) is 0 Å². The van der Waals surface area contributed by atoms with Crippen LogP contribution >= 0.6 is 0 Å². The zero-order chi connectivity index (χ0) is 10.8. The van der Waals surface area contributed by atoms with Gasteiger partial charge < -0.3 is 24.8 Å². The first-order chi connectivity index (χ1) is 6.60. The molecule has 1 aliphatic rings. The summed E-state index contributed by atoms with van der Waals surface area (Å²) in [6.45, 7) is 3.12. The molecule has 0 spiro atoms. The Hall–Kier alpha value is -0.460. The summed E-state index contributed by atoms with van der Waals surface area (Å²) >= 11 is 0. The van der Waals surface area contributed by atoms with E-state index >= 15 is 0 Å². The molecular weight excluding hydrogens is 188 g/mol. The average Bonchev–Trinajstić information content (AvgIpc) is 2.41. The highest BCUT2D eigenvalue weighted by Gasteiger charge is 2.54. The van der Waals surface area contributed by atoms with Crippen LogP contribution in [0.4, 0.5) is 0 Å². The lowest BCUT2D eigenvalue weighted by Gasteiger charge is -2.28. The molecule has 14 heavy (non-hydrogen) atoms. The van der Waals surface area contributed by atoms with Crippen LogP contribution in [-0.2, 0) is 9.47 Å². The van der Waals surface area contributed by atoms with Crippen LogP contribution in [0.3, 0.4) is 0 Å². The van der Waals surface area contributed by atoms with E-state index in [2.05, 4.69) is 6.58 Å². The standard InChI is InChI=1S/C9H16O5/c1-3-4-9(12)7(11)6(5-10)14-8(9)13-2/h3,6-8,10-12H,1,4-5H2,2H3/t6-,7-,8?,9-/m1/s1. The second-order valence-electron chi connectivity index (χ2n) is 3.35. The second-order valence-corrected chi connectivity index (χ2v) is 3.35. The van der Waals surface area contributed by atoms with Gasteiger partial charge in [-0.1, -0.05) is 6.08 Å². The molecule has 0 aromatic rings. The van der Waals surface area contributed by atoms with E-state index in [1.54, 1.807) is 0 Å². The van der Waals surface area contributed by atoms with Crippen molar-refractivity contribution in [2.45, 2.75) is 30.5 Å². The van der Waals surface area contributed by atoms with E-state index in [4.69, 9.17) is 14.6 Å². The van der Waals surface area contributed by atoms with E-state index in [0.29, 0.717) is 0 Å². The Morgan fingerprint density at radius 3 is 2.71 bits per heavy atom. The first-order valence-corrected chi connectivity index (χ1v) is 4.40. The molecule has 1 aliphatic heterocycles. The summed E-state index contributed by atoms with van der Waals surface area (Å²) in [6, 6.07) is 0. The minimum Gasteiger partial charge on any atom is -0.394 e. The summed E-state index contributed by atoms with van der Waals surface area (Å²) in [5, 5.41) is 28.6. The normalized spacial score (nSPS) is 42.7. The fraction of sp³-hybridized carbons (Fsp3) is 0.778. The maximum Gasteiger partial charge on any atom is 0.189 e. The molecule has 1 unspecified atom stereocenters. The van der Waals surface area contributed by atoms with Gasteiger partial charge >= 0.3 is 0 Å². The van der Waals surface area contributed by atoms with E-state index < -0.39 is 24.1 Å². The van der Waals surface area contributed by atoms with Gasteiger partial charge in [-0.3, -0.25) is 0 Å². The summed E-state index contributed by atoms with van der Waals surface area (Å²) in [6.07, 6.45) is -1.31. The van der Waals surface area contributed by atoms with Crippen LogP contribution in [0.5, 0.6) is 0 Å². The van der Waals surface area contributed by atoms with E-state index in [1.807, 2.05) is 0 Å². The van der Waals surface area contributed by atoms with E-state index in [0.717, 1.165) is 0 Å². The smallest absolute Gasteiger partial charge is 0.189 e. The lowest BCUT2D eigenvalue weighted by molar-refractivity contribution is -0.192. The average molecular weight is 204 g/mol. The molecule has 1 saturated heterocycles. The summed E-state index contributed by atoms with van der Waals surface area (Å²) < 4.78 is 10.0. The number of aliphatic hydroxyl groups excluding tert-OH is 2. The van der Waals surface area contributed by atoms with Crippen molar-refractivity contribution >= 4 is 0 Å². The molecule has 4 atom stereocenters. The van der Waals surface area contributed by atoms with Crippen molar-refractivity contribution in [3.8, 4) is 0 Å². The summed E-state index contributed by atoms with van der Waals surface area (Å²) in [4.78, 5) is 0. The lowest BCUT2D eigenvalue weighted by atomic mass is 9.92. The van der Waals surface area contributed by atoms with Gasteiger partial charge in [0.25, 0.3) is 0 Å². The molecule has 5 nitrogen and oxygen atoms in total. The molecule has 0 radical (unpaired) electrons. The third kappa shape index (κ3) is 1.69. The van der Waals surface area contributed by atoms with Crippen LogP contribution in [0.2, 0.25) is 0 Å². The molecule has 0 aromatic heterocycles. The topological polar surface area (TPSA) is 79.2 Å². The fourth-order valence-corrected chi connectivity index (χ4v) is 1.66. The molecular formula is C9H16O5. The van der Waals surface area contributed by atoms with Gasteiger partial charge in [0, 0.05) is 13.5 Å². The van der Waals surface area contributed by atoms with Gasteiger partial charge in [0.05, 0.1) is 6.61 Å². The van der Waals surface area contributed by atoms with Crippen LogP contribution in [0.15, 0.2) is 12.7 Å². The number of hydrogen-bond acceptors (Lipinski definition) is 5. The quantitative estimate of drug-likeness (QED) is 0.513. The zero-order valence-electron chi connectivity index (χ0n) is 8.09. The Bertz CT molecular complexity index is 203. The van der Waals surface area contributed by atoms with Gasteiger partial charge in [0.1, 0.15) is 17.8 Å². The maximum absolute atomic E-state index is 10.0. The number of rotatable bonds is 4. The summed E-state index contributed by atoms with van der Waals surface area (Å²) in [7, 11) is 1.37. The Morgan fingerprint density at radius 1 is 1.64 bits per heavy atom. The molecule has 5 heteroatoms. The Balaban J connectivity index is 2.83. The van der Waals surface area contributed by atoms with Gasteiger partial charge in [-0.15, -0.1) is 6.58 Å². The van der Waals surface area contributed by atoms with Crippen LogP contribution in [0.25, 0.3) is 0 Å². The molecule has 0 saturated carbocycles. The predicted octanol–water partition coefficient (Wildman–Crippen LogP) is -0.982. The van der Waals surface area contributed by atoms with Gasteiger partial charge in [-0.05, 0) is 0 Å². The highest BCUT2D eigenvalue weighted by atomic mass is 16.7. The third-order valence-corrected chi connectivity index (χ3v) is 2.44. The Kier molecular flexibility index (Phi) is 3.63. The van der Waals surface area contributed by atoms with Crippen LogP contribution < -0.4 is 0 Å². The molecule has 1 rings (SSSR count). The number of ether oxygens (including phenoxy) is 2. The maximum atomic E-state index is 10.0. The minimum atomic E-state index is -1.52. The first-order valence-electron chi connectivity index (χ1n) is 4.40. The zero-order valence-corrected chi connectivity index (χ0v) is 8.09. The molecule has 0 bridgehead atoms. The second kappa shape index (κ2) is 4.37. The fourth-order valence-electron chi connectivity index (χ4n) is 1.66. The molecule has 1 heterocycles. The van der Waals surface area contributed by atoms with E-state index in [1.165, 1.54) is 13.2 Å². The molecule has 82 valence electrons. The SMILES string of the molecule is C=CC[C@]1(O)C(OC)O[C@H](CO)[C@H]1O. The molecule has 3 N–H and O–H groups in total. The largest absolute Gasteiger partial charge is 0.394 e. The van der Waals surface area contributed by atoms with Crippen LogP contribution in [0, 0.1) is 0 Å². The Morgan fingerprint density at radius 2 is 2.29 bits per heavy atom. The third-order valence-electron chi connectivity index (χ3n) is 2.44. The van der Waals surface area contributed by atoms with Crippen molar-refractivity contribution in [2.24, 2.45) is 0 Å². The molecule has 1 fully saturated rings. The van der Waals surface area contributed by atoms with Crippen molar-refractivity contribution in [3.63, 3.8) is 0 Å². The highest BCUT2D eigenvalue weighted by molar-refractivity contribution is 5.03. The van der Waals surface area contributed by atoms with E-state index in [-0.39, 0.29) is 13.0 Å². The van der Waals surface area contributed by atoms with Gasteiger partial charge in [0.15, 0.2) is 6.29 Å². The number of methoxy groups -OCH3 is 1. The highest BCUT2D eigenvalue weighted by Crippen LogP contribution is 2.34. The summed E-state index contributed by atoms with van der Waals surface area (Å²) in [5.41, 5.74) is -1.52. The first kappa shape index (κ1) is 11.6. The van der Waals surface area contributed by atoms with Crippen molar-refractivity contribution in [2.75, 3.05) is 13.7 Å². The number of hydrogen-bond donors (Lipinski definition) is 3. The van der Waals surface area contributed by atoms with Gasteiger partial charge in [-0.25, -0.2) is 0 Å². The van der Waals surface area contributed by atoms with Crippen LogP contribution in [0.1, 0.15) is 6.42 Å². The summed E-state index contributed by atoms with van der Waals surface area (Å²) in [5.74, 6) is 0. The molecule has 0 aromatic carbocycles. The minimum absolute atomic E-state index is 0.142. The molecule has 0 aliphatic carbocycles. The van der Waals surface area contributed by atoms with Crippen LogP contribution in [-0.4, -0.2) is 53.1 Å². The lowest BCUT2D eigenvalue weighted by Crippen LogP contribution is -2.48. The monoisotopic (exact) mass is 204 g/mol. The number of aliphatic hydroxyl groups is 3. The van der Waals surface area contributed by atoms with E-state index in [9.17, 15) is 10.2 Å². The molecule has 0 amide bonds. The van der Waals surface area contributed by atoms with Crippen molar-refractivity contribution < 1.29 is 24.8 Å². The van der Waals surface area contributed by atoms with Gasteiger partial charge in [-0.2, -0.15) is 0 Å². The van der Waals surface area contributed by atoms with Crippen molar-refractivity contribution in [1.29, 1.82) is 0 Å². The van der Waals surface area contributed by atoms with Crippen molar-refractivity contribution in [3.05, 3.63) is 12.7 Å². The predicted molar refractivity (Wildman–Crippen MR) is 48.5 cm³/mol. The van der Waals surface area contributed by atoms with Gasteiger partial charge in [0.2, 0.25) is 0 Å².